The Hall–Kier alpha value is -5.66. The predicted molar refractivity (Wildman–Crippen MR) is 196 cm³/mol. The van der Waals surface area contributed by atoms with E-state index in [1.165, 1.54) is 61.3 Å². The number of hydrogen-bond donors (Lipinski definition) is 0. The zero-order valence-electron chi connectivity index (χ0n) is 26.3. The number of aryl methyl sites for hydroxylation is 2. The van der Waals surface area contributed by atoms with E-state index in [1.54, 1.807) is 0 Å². The van der Waals surface area contributed by atoms with Crippen LogP contribution in [0, 0.1) is 0 Å². The van der Waals surface area contributed by atoms with E-state index < -0.39 is 0 Å². The van der Waals surface area contributed by atoms with E-state index >= 15 is 0 Å². The Morgan fingerprint density at radius 1 is 0.340 bits per heavy atom. The van der Waals surface area contributed by atoms with Crippen molar-refractivity contribution in [1.82, 2.24) is 0 Å². The molecule has 0 aromatic heterocycles. The molecule has 0 radical (unpaired) electrons. The van der Waals surface area contributed by atoms with Gasteiger partial charge in [0.15, 0.2) is 0 Å². The minimum absolute atomic E-state index is 0.387. The Bertz CT molecular complexity index is 2170. The fourth-order valence-electron chi connectivity index (χ4n) is 8.21. The molecule has 47 heavy (non-hydrogen) atoms. The molecule has 9 rings (SSSR count). The normalized spacial score (nSPS) is 15.1. The summed E-state index contributed by atoms with van der Waals surface area (Å²) in [6.07, 6.45) is 3.27. The fourth-order valence-corrected chi connectivity index (χ4v) is 8.21. The van der Waals surface area contributed by atoms with Gasteiger partial charge >= 0.3 is 0 Å². The standard InChI is InChI=1S/C46H35N/c1-4-15-33(16-5-1)17-14-18-34-27-29-40-38-23-10-12-25-42(38)46(44(40)31-34)43-26-13-11-24-39(43)41-30-28-37(32-45(41)46)47(35-19-6-2-7-20-35)36-21-8-3-9-22-36/h1-13,15-16,19-32H,14,17-18H2. The van der Waals surface area contributed by atoms with Crippen LogP contribution in [0.3, 0.4) is 0 Å². The van der Waals surface area contributed by atoms with Crippen molar-refractivity contribution in [2.45, 2.75) is 24.7 Å². The van der Waals surface area contributed by atoms with Crippen molar-refractivity contribution in [3.63, 3.8) is 0 Å². The van der Waals surface area contributed by atoms with Crippen LogP contribution in [-0.2, 0) is 18.3 Å². The van der Waals surface area contributed by atoms with Crippen LogP contribution < -0.4 is 4.90 Å². The summed E-state index contributed by atoms with van der Waals surface area (Å²) in [5.74, 6) is 0. The van der Waals surface area contributed by atoms with Gasteiger partial charge in [0.1, 0.15) is 0 Å². The van der Waals surface area contributed by atoms with Crippen molar-refractivity contribution in [1.29, 1.82) is 0 Å². The summed E-state index contributed by atoms with van der Waals surface area (Å²) in [6.45, 7) is 0. The largest absolute Gasteiger partial charge is 0.310 e. The van der Waals surface area contributed by atoms with Gasteiger partial charge in [0.05, 0.1) is 5.41 Å². The van der Waals surface area contributed by atoms with E-state index in [9.17, 15) is 0 Å². The van der Waals surface area contributed by atoms with E-state index in [0.717, 1.165) is 30.6 Å². The lowest BCUT2D eigenvalue weighted by molar-refractivity contribution is 0.782. The average molecular weight is 602 g/mol. The summed E-state index contributed by atoms with van der Waals surface area (Å²) in [4.78, 5) is 2.39. The monoisotopic (exact) mass is 601 g/mol. The van der Waals surface area contributed by atoms with E-state index in [0.29, 0.717) is 0 Å². The summed E-state index contributed by atoms with van der Waals surface area (Å²) in [5, 5.41) is 0. The molecule has 1 nitrogen and oxygen atoms in total. The van der Waals surface area contributed by atoms with E-state index in [4.69, 9.17) is 0 Å². The number of nitrogens with zero attached hydrogens (tertiary/aromatic N) is 1. The van der Waals surface area contributed by atoms with Gasteiger partial charge in [-0.1, -0.05) is 140 Å². The second-order valence-electron chi connectivity index (χ2n) is 12.8. The molecule has 1 atom stereocenters. The molecule has 0 fully saturated rings. The summed E-state index contributed by atoms with van der Waals surface area (Å²) in [7, 11) is 0. The molecule has 2 aliphatic rings. The maximum Gasteiger partial charge on any atom is 0.0726 e. The summed E-state index contributed by atoms with van der Waals surface area (Å²) in [5.41, 5.74) is 16.8. The fraction of sp³-hybridized carbons (Fsp3) is 0.0870. The van der Waals surface area contributed by atoms with Crippen molar-refractivity contribution in [2.75, 3.05) is 4.90 Å². The number of benzene rings is 7. The SMILES string of the molecule is c1ccc(CCCc2ccc3c(c2)C2(c4ccccc4-3)c3ccccc3-c3ccc(N(c4ccccc4)c4ccccc4)cc32)cc1. The first-order valence-electron chi connectivity index (χ1n) is 16.7. The molecule has 2 aliphatic carbocycles. The lowest BCUT2D eigenvalue weighted by Crippen LogP contribution is -2.26. The molecule has 0 saturated carbocycles. The third-order valence-electron chi connectivity index (χ3n) is 10.2. The van der Waals surface area contributed by atoms with Crippen LogP contribution in [0.15, 0.2) is 176 Å². The highest BCUT2D eigenvalue weighted by Gasteiger charge is 2.51. The van der Waals surface area contributed by atoms with Crippen molar-refractivity contribution in [3.8, 4) is 22.3 Å². The number of para-hydroxylation sites is 2. The molecule has 0 aliphatic heterocycles. The number of anilines is 3. The van der Waals surface area contributed by atoms with E-state index in [2.05, 4.69) is 181 Å². The van der Waals surface area contributed by atoms with Crippen LogP contribution in [0.25, 0.3) is 22.3 Å². The molecule has 0 N–H and O–H groups in total. The van der Waals surface area contributed by atoms with E-state index in [-0.39, 0.29) is 5.41 Å². The average Bonchev–Trinajstić information content (AvgIpc) is 3.60. The Balaban J connectivity index is 1.24. The van der Waals surface area contributed by atoms with Gasteiger partial charge < -0.3 is 4.90 Å². The molecular weight excluding hydrogens is 567 g/mol. The Morgan fingerprint density at radius 3 is 1.43 bits per heavy atom. The predicted octanol–water partition coefficient (Wildman–Crippen LogP) is 11.7. The van der Waals surface area contributed by atoms with Crippen molar-refractivity contribution in [2.24, 2.45) is 0 Å². The first-order chi connectivity index (χ1) is 23.3. The van der Waals surface area contributed by atoms with Gasteiger partial charge in [-0.05, 0) is 111 Å². The molecule has 1 unspecified atom stereocenters. The Morgan fingerprint density at radius 2 is 0.809 bits per heavy atom. The number of rotatable bonds is 7. The third-order valence-corrected chi connectivity index (χ3v) is 10.2. The number of fused-ring (bicyclic) bond motifs is 10. The molecule has 0 heterocycles. The second-order valence-corrected chi connectivity index (χ2v) is 12.8. The van der Waals surface area contributed by atoms with Gasteiger partial charge in [-0.25, -0.2) is 0 Å². The lowest BCUT2D eigenvalue weighted by Gasteiger charge is -2.32. The minimum atomic E-state index is -0.387. The molecule has 0 saturated heterocycles. The Labute approximate surface area is 277 Å². The quantitative estimate of drug-likeness (QED) is 0.176. The molecule has 224 valence electrons. The third kappa shape index (κ3) is 4.38. The zero-order valence-corrected chi connectivity index (χ0v) is 26.3. The van der Waals surface area contributed by atoms with Crippen molar-refractivity contribution in [3.05, 3.63) is 209 Å². The van der Waals surface area contributed by atoms with Crippen LogP contribution in [-0.4, -0.2) is 0 Å². The minimum Gasteiger partial charge on any atom is -0.310 e. The van der Waals surface area contributed by atoms with Crippen LogP contribution >= 0.6 is 0 Å². The van der Waals surface area contributed by atoms with Crippen LogP contribution in [0.4, 0.5) is 17.1 Å². The first kappa shape index (κ1) is 27.6. The van der Waals surface area contributed by atoms with Gasteiger partial charge in [-0.15, -0.1) is 0 Å². The molecule has 7 aromatic rings. The molecule has 0 amide bonds. The van der Waals surface area contributed by atoms with Crippen LogP contribution in [0.1, 0.15) is 39.8 Å². The van der Waals surface area contributed by atoms with E-state index in [1.807, 2.05) is 0 Å². The molecule has 1 spiro atoms. The highest BCUT2D eigenvalue weighted by atomic mass is 15.1. The van der Waals surface area contributed by atoms with Gasteiger partial charge in [-0.2, -0.15) is 0 Å². The van der Waals surface area contributed by atoms with Crippen LogP contribution in [0.5, 0.6) is 0 Å². The van der Waals surface area contributed by atoms with Gasteiger partial charge in [-0.3, -0.25) is 0 Å². The molecular formula is C46H35N. The van der Waals surface area contributed by atoms with Gasteiger partial charge in [0.25, 0.3) is 0 Å². The number of hydrogen-bond acceptors (Lipinski definition) is 1. The van der Waals surface area contributed by atoms with Crippen LogP contribution in [0.2, 0.25) is 0 Å². The Kier molecular flexibility index (Phi) is 6.64. The summed E-state index contributed by atoms with van der Waals surface area (Å²) >= 11 is 0. The molecule has 0 bridgehead atoms. The molecule has 1 heteroatoms. The summed E-state index contributed by atoms with van der Waals surface area (Å²) < 4.78 is 0. The second kappa shape index (κ2) is 11.3. The maximum atomic E-state index is 2.53. The van der Waals surface area contributed by atoms with Crippen molar-refractivity contribution >= 4 is 17.1 Å². The van der Waals surface area contributed by atoms with Gasteiger partial charge in [0, 0.05) is 17.1 Å². The summed E-state index contributed by atoms with van der Waals surface area (Å²) in [6, 6.07) is 65.0. The highest BCUT2D eigenvalue weighted by molar-refractivity contribution is 5.96. The maximum absolute atomic E-state index is 2.53. The van der Waals surface area contributed by atoms with Gasteiger partial charge in [0.2, 0.25) is 0 Å². The van der Waals surface area contributed by atoms with Crippen molar-refractivity contribution < 1.29 is 0 Å². The first-order valence-corrected chi connectivity index (χ1v) is 16.7. The lowest BCUT2D eigenvalue weighted by atomic mass is 9.70. The molecule has 7 aromatic carbocycles. The smallest absolute Gasteiger partial charge is 0.0726 e. The zero-order chi connectivity index (χ0) is 31.2. The topological polar surface area (TPSA) is 3.24 Å². The highest BCUT2D eigenvalue weighted by Crippen LogP contribution is 2.63.